The summed E-state index contributed by atoms with van der Waals surface area (Å²) in [5.74, 6) is -0.394. The average molecular weight is 260 g/mol. The Balaban J connectivity index is 2.67. The van der Waals surface area contributed by atoms with Crippen molar-refractivity contribution in [3.8, 4) is 0 Å². The lowest BCUT2D eigenvalue weighted by molar-refractivity contribution is -0.147. The Morgan fingerprint density at radius 1 is 1.47 bits per heavy atom. The van der Waals surface area contributed by atoms with Crippen LogP contribution in [0.3, 0.4) is 0 Å². The molecule has 0 bridgehead atoms. The molecule has 2 amide bonds. The Bertz CT molecular complexity index is 334. The molecule has 0 spiro atoms. The molecule has 6 nitrogen and oxygen atoms in total. The van der Waals surface area contributed by atoms with Crippen molar-refractivity contribution in [1.29, 1.82) is 0 Å². The molecule has 0 aromatic carbocycles. The van der Waals surface area contributed by atoms with Gasteiger partial charge in [0.1, 0.15) is 12.6 Å². The van der Waals surface area contributed by atoms with Crippen LogP contribution in [0.25, 0.3) is 0 Å². The van der Waals surface area contributed by atoms with Gasteiger partial charge in [0, 0.05) is 19.2 Å². The zero-order valence-corrected chi connectivity index (χ0v) is 10.7. The summed E-state index contributed by atoms with van der Waals surface area (Å²) in [7, 11) is 1.44. The van der Waals surface area contributed by atoms with Gasteiger partial charge in [0.05, 0.1) is 5.88 Å². The number of likely N-dealkylation sites (N-methyl/N-ethyl adjacent to an activating group) is 1. The van der Waals surface area contributed by atoms with E-state index in [4.69, 9.17) is 5.11 Å². The molecular weight excluding hydrogens is 244 g/mol. The van der Waals surface area contributed by atoms with E-state index in [1.807, 2.05) is 0 Å². The summed E-state index contributed by atoms with van der Waals surface area (Å²) in [6, 6.07) is -0.517. The molecule has 96 valence electrons. The second-order valence-electron chi connectivity index (χ2n) is 3.82. The standard InChI is InChI=1S/C10H16N2O4S/c1-3-8(13)12-6-17-5-7(12)10(16)11(2)4-9(14)15/h7H,3-6H2,1-2H3,(H,14,15). The number of rotatable bonds is 4. The van der Waals surface area contributed by atoms with Crippen molar-refractivity contribution in [3.05, 3.63) is 0 Å². The van der Waals surface area contributed by atoms with Crippen molar-refractivity contribution in [2.24, 2.45) is 0 Å². The predicted octanol–water partition coefficient (Wildman–Crippen LogP) is -0.159. The molecule has 1 fully saturated rings. The van der Waals surface area contributed by atoms with Crippen molar-refractivity contribution >= 4 is 29.5 Å². The number of thioether (sulfide) groups is 1. The Morgan fingerprint density at radius 3 is 2.65 bits per heavy atom. The minimum atomic E-state index is -1.06. The lowest BCUT2D eigenvalue weighted by Crippen LogP contribution is -2.48. The van der Waals surface area contributed by atoms with Crippen molar-refractivity contribution in [2.75, 3.05) is 25.2 Å². The molecule has 0 aromatic heterocycles. The summed E-state index contributed by atoms with van der Waals surface area (Å²) in [5.41, 5.74) is 0. The number of nitrogens with zero attached hydrogens (tertiary/aromatic N) is 2. The SMILES string of the molecule is CCC(=O)N1CSCC1C(=O)N(C)CC(=O)O. The van der Waals surface area contributed by atoms with Gasteiger partial charge in [-0.15, -0.1) is 11.8 Å². The van der Waals surface area contributed by atoms with Crippen LogP contribution in [0.4, 0.5) is 0 Å². The maximum absolute atomic E-state index is 12.0. The third-order valence-electron chi connectivity index (χ3n) is 2.54. The van der Waals surface area contributed by atoms with Gasteiger partial charge in [-0.2, -0.15) is 0 Å². The number of amides is 2. The average Bonchev–Trinajstić information content (AvgIpc) is 2.74. The second-order valence-corrected chi connectivity index (χ2v) is 4.82. The van der Waals surface area contributed by atoms with Gasteiger partial charge >= 0.3 is 5.97 Å². The van der Waals surface area contributed by atoms with E-state index in [0.717, 1.165) is 4.90 Å². The zero-order chi connectivity index (χ0) is 13.0. The number of aliphatic carboxylic acids is 1. The van der Waals surface area contributed by atoms with Crippen LogP contribution in [0.15, 0.2) is 0 Å². The Labute approximate surface area is 104 Å². The molecule has 17 heavy (non-hydrogen) atoms. The fourth-order valence-electron chi connectivity index (χ4n) is 1.63. The Kier molecular flexibility index (Phi) is 4.80. The van der Waals surface area contributed by atoms with Crippen LogP contribution in [0.1, 0.15) is 13.3 Å². The molecule has 1 saturated heterocycles. The molecule has 1 N–H and O–H groups in total. The molecular formula is C10H16N2O4S. The number of carboxylic acid groups (broad SMARTS) is 1. The van der Waals surface area contributed by atoms with Crippen LogP contribution >= 0.6 is 11.8 Å². The monoisotopic (exact) mass is 260 g/mol. The van der Waals surface area contributed by atoms with Gasteiger partial charge in [0.2, 0.25) is 11.8 Å². The highest BCUT2D eigenvalue weighted by Gasteiger charge is 2.35. The van der Waals surface area contributed by atoms with Crippen LogP contribution in [-0.4, -0.2) is 64.0 Å². The molecule has 0 saturated carbocycles. The zero-order valence-electron chi connectivity index (χ0n) is 9.88. The van der Waals surface area contributed by atoms with Gasteiger partial charge in [-0.3, -0.25) is 14.4 Å². The van der Waals surface area contributed by atoms with E-state index in [9.17, 15) is 14.4 Å². The first-order valence-corrected chi connectivity index (χ1v) is 6.46. The van der Waals surface area contributed by atoms with Crippen LogP contribution in [0.5, 0.6) is 0 Å². The minimum absolute atomic E-state index is 0.0722. The summed E-state index contributed by atoms with van der Waals surface area (Å²) in [5, 5.41) is 8.62. The second kappa shape index (κ2) is 5.90. The van der Waals surface area contributed by atoms with Gasteiger partial charge in [0.25, 0.3) is 0 Å². The van der Waals surface area contributed by atoms with Crippen molar-refractivity contribution < 1.29 is 19.5 Å². The molecule has 1 aliphatic rings. The minimum Gasteiger partial charge on any atom is -0.480 e. The summed E-state index contributed by atoms with van der Waals surface area (Å²) in [4.78, 5) is 36.8. The number of carbonyl (C=O) groups excluding carboxylic acids is 2. The molecule has 0 aliphatic carbocycles. The smallest absolute Gasteiger partial charge is 0.323 e. The molecule has 1 atom stereocenters. The number of carbonyl (C=O) groups is 3. The molecule has 1 aliphatic heterocycles. The quantitative estimate of drug-likeness (QED) is 0.760. The highest BCUT2D eigenvalue weighted by molar-refractivity contribution is 7.99. The molecule has 0 aromatic rings. The van der Waals surface area contributed by atoms with Gasteiger partial charge in [-0.25, -0.2) is 0 Å². The Morgan fingerprint density at radius 2 is 2.12 bits per heavy atom. The number of hydrogen-bond donors (Lipinski definition) is 1. The topological polar surface area (TPSA) is 77.9 Å². The molecule has 1 unspecified atom stereocenters. The summed E-state index contributed by atoms with van der Waals surface area (Å²) in [6.07, 6.45) is 0.354. The normalized spacial score (nSPS) is 19.2. The summed E-state index contributed by atoms with van der Waals surface area (Å²) in [6.45, 7) is 1.40. The van der Waals surface area contributed by atoms with E-state index < -0.39 is 12.0 Å². The van der Waals surface area contributed by atoms with E-state index >= 15 is 0 Å². The van der Waals surface area contributed by atoms with E-state index in [-0.39, 0.29) is 18.4 Å². The van der Waals surface area contributed by atoms with Gasteiger partial charge < -0.3 is 14.9 Å². The van der Waals surface area contributed by atoms with Gasteiger partial charge in [-0.05, 0) is 0 Å². The summed E-state index contributed by atoms with van der Waals surface area (Å²) < 4.78 is 0. The fourth-order valence-corrected chi connectivity index (χ4v) is 2.80. The van der Waals surface area contributed by atoms with Crippen molar-refractivity contribution in [3.63, 3.8) is 0 Å². The predicted molar refractivity (Wildman–Crippen MR) is 63.5 cm³/mol. The third-order valence-corrected chi connectivity index (χ3v) is 3.55. The van der Waals surface area contributed by atoms with E-state index in [1.165, 1.54) is 23.7 Å². The maximum atomic E-state index is 12.0. The summed E-state index contributed by atoms with van der Waals surface area (Å²) >= 11 is 1.51. The fraction of sp³-hybridized carbons (Fsp3) is 0.700. The van der Waals surface area contributed by atoms with E-state index in [2.05, 4.69) is 0 Å². The molecule has 1 rings (SSSR count). The Hall–Kier alpha value is -1.24. The third kappa shape index (κ3) is 3.36. The first-order valence-electron chi connectivity index (χ1n) is 5.31. The van der Waals surface area contributed by atoms with Crippen molar-refractivity contribution in [2.45, 2.75) is 19.4 Å². The largest absolute Gasteiger partial charge is 0.480 e. The number of hydrogen-bond acceptors (Lipinski definition) is 4. The first kappa shape index (κ1) is 13.8. The lowest BCUT2D eigenvalue weighted by Gasteiger charge is -2.26. The van der Waals surface area contributed by atoms with Crippen LogP contribution in [-0.2, 0) is 14.4 Å². The van der Waals surface area contributed by atoms with E-state index in [1.54, 1.807) is 6.92 Å². The van der Waals surface area contributed by atoms with Gasteiger partial charge in [-0.1, -0.05) is 6.92 Å². The number of carboxylic acids is 1. The van der Waals surface area contributed by atoms with Gasteiger partial charge in [0.15, 0.2) is 0 Å². The maximum Gasteiger partial charge on any atom is 0.323 e. The molecule has 0 radical (unpaired) electrons. The van der Waals surface area contributed by atoms with E-state index in [0.29, 0.717) is 18.1 Å². The lowest BCUT2D eigenvalue weighted by atomic mass is 10.2. The van der Waals surface area contributed by atoms with Crippen LogP contribution < -0.4 is 0 Å². The highest BCUT2D eigenvalue weighted by Crippen LogP contribution is 2.22. The van der Waals surface area contributed by atoms with Crippen molar-refractivity contribution in [1.82, 2.24) is 9.80 Å². The highest BCUT2D eigenvalue weighted by atomic mass is 32.2. The first-order chi connectivity index (χ1) is 7.97. The molecule has 7 heteroatoms. The van der Waals surface area contributed by atoms with Crippen LogP contribution in [0, 0.1) is 0 Å². The van der Waals surface area contributed by atoms with Crippen LogP contribution in [0.2, 0.25) is 0 Å². The molecule has 1 heterocycles.